The van der Waals surface area contributed by atoms with Gasteiger partial charge in [-0.25, -0.2) is 4.98 Å². The quantitative estimate of drug-likeness (QED) is 0.768. The normalized spacial score (nSPS) is 11.3. The third-order valence-corrected chi connectivity index (χ3v) is 2.62. The maximum absolute atomic E-state index is 8.81. The molecule has 0 saturated carbocycles. The zero-order valence-corrected chi connectivity index (χ0v) is 10.7. The van der Waals surface area contributed by atoms with Crippen LogP contribution in [0.3, 0.4) is 0 Å². The SMILES string of the molecule is CCNC(C)c1cccnc1N(CC#N)CC#N. The largest absolute Gasteiger partial charge is 0.330 e. The van der Waals surface area contributed by atoms with Crippen molar-refractivity contribution in [2.75, 3.05) is 24.5 Å². The van der Waals surface area contributed by atoms with Gasteiger partial charge in [-0.1, -0.05) is 13.0 Å². The number of nitrogens with one attached hydrogen (secondary N) is 1. The number of hydrogen-bond acceptors (Lipinski definition) is 5. The number of nitriles is 2. The zero-order chi connectivity index (χ0) is 13.4. The molecule has 0 fully saturated rings. The van der Waals surface area contributed by atoms with Gasteiger partial charge in [-0.15, -0.1) is 0 Å². The minimum atomic E-state index is 0.138. The highest BCUT2D eigenvalue weighted by molar-refractivity contribution is 5.49. The second-order valence-electron chi connectivity index (χ2n) is 3.87. The Morgan fingerprint density at radius 3 is 2.61 bits per heavy atom. The van der Waals surface area contributed by atoms with Crippen LogP contribution in [0.2, 0.25) is 0 Å². The molecule has 1 N–H and O–H groups in total. The number of anilines is 1. The summed E-state index contributed by atoms with van der Waals surface area (Å²) in [5.74, 6) is 0.703. The van der Waals surface area contributed by atoms with Crippen molar-refractivity contribution in [2.45, 2.75) is 19.9 Å². The van der Waals surface area contributed by atoms with E-state index in [0.717, 1.165) is 12.1 Å². The van der Waals surface area contributed by atoms with Crippen LogP contribution in [0, 0.1) is 22.7 Å². The van der Waals surface area contributed by atoms with Gasteiger partial charge < -0.3 is 10.2 Å². The molecule has 1 aromatic heterocycles. The highest BCUT2D eigenvalue weighted by atomic mass is 15.2. The van der Waals surface area contributed by atoms with Crippen LogP contribution in [0.15, 0.2) is 18.3 Å². The van der Waals surface area contributed by atoms with E-state index in [2.05, 4.69) is 22.4 Å². The van der Waals surface area contributed by atoms with Crippen molar-refractivity contribution in [1.82, 2.24) is 10.3 Å². The van der Waals surface area contributed by atoms with Gasteiger partial charge in [0.05, 0.1) is 12.1 Å². The molecule has 0 amide bonds. The molecule has 1 rings (SSSR count). The average Bonchev–Trinajstić information content (AvgIpc) is 2.39. The Hall–Kier alpha value is -2.11. The molecule has 0 aliphatic carbocycles. The summed E-state index contributed by atoms with van der Waals surface area (Å²) < 4.78 is 0. The summed E-state index contributed by atoms with van der Waals surface area (Å²) in [5, 5.41) is 20.9. The Labute approximate surface area is 108 Å². The fraction of sp³-hybridized carbons (Fsp3) is 0.462. The molecule has 0 aliphatic rings. The lowest BCUT2D eigenvalue weighted by Gasteiger charge is -2.23. The minimum Gasteiger partial charge on any atom is -0.330 e. The summed E-state index contributed by atoms with van der Waals surface area (Å²) in [6.07, 6.45) is 1.68. The molecule has 1 atom stereocenters. The molecule has 18 heavy (non-hydrogen) atoms. The summed E-state index contributed by atoms with van der Waals surface area (Å²) in [6.45, 7) is 5.26. The van der Waals surface area contributed by atoms with Crippen LogP contribution in [-0.4, -0.2) is 24.6 Å². The van der Waals surface area contributed by atoms with Crippen molar-refractivity contribution >= 4 is 5.82 Å². The Morgan fingerprint density at radius 2 is 2.06 bits per heavy atom. The molecule has 0 radical (unpaired) electrons. The molecule has 0 saturated heterocycles. The first-order chi connectivity index (χ1) is 8.74. The first-order valence-corrected chi connectivity index (χ1v) is 5.91. The van der Waals surface area contributed by atoms with Crippen molar-refractivity contribution in [2.24, 2.45) is 0 Å². The van der Waals surface area contributed by atoms with Crippen molar-refractivity contribution in [3.63, 3.8) is 0 Å². The molecule has 0 spiro atoms. The van der Waals surface area contributed by atoms with Crippen LogP contribution >= 0.6 is 0 Å². The summed E-state index contributed by atoms with van der Waals surface area (Å²) in [5.41, 5.74) is 1.00. The zero-order valence-electron chi connectivity index (χ0n) is 10.7. The first-order valence-electron chi connectivity index (χ1n) is 5.91. The van der Waals surface area contributed by atoms with Gasteiger partial charge >= 0.3 is 0 Å². The molecule has 0 aromatic carbocycles. The topological polar surface area (TPSA) is 75.7 Å². The van der Waals surface area contributed by atoms with E-state index in [0.29, 0.717) is 5.82 Å². The van der Waals surface area contributed by atoms with E-state index < -0.39 is 0 Å². The predicted molar refractivity (Wildman–Crippen MR) is 69.8 cm³/mol. The van der Waals surface area contributed by atoms with Gasteiger partial charge in [-0.05, 0) is 19.5 Å². The Bertz CT molecular complexity index is 441. The molecule has 94 valence electrons. The molecular formula is C13H17N5. The van der Waals surface area contributed by atoms with Gasteiger partial charge in [-0.2, -0.15) is 10.5 Å². The Balaban J connectivity index is 3.06. The highest BCUT2D eigenvalue weighted by Crippen LogP contribution is 2.23. The lowest BCUT2D eigenvalue weighted by molar-refractivity contribution is 0.595. The third kappa shape index (κ3) is 3.44. The van der Waals surface area contributed by atoms with Crippen molar-refractivity contribution in [1.29, 1.82) is 10.5 Å². The van der Waals surface area contributed by atoms with Crippen molar-refractivity contribution < 1.29 is 0 Å². The fourth-order valence-electron chi connectivity index (χ4n) is 1.80. The van der Waals surface area contributed by atoms with Crippen molar-refractivity contribution in [3.8, 4) is 12.1 Å². The van der Waals surface area contributed by atoms with Gasteiger partial charge in [0.15, 0.2) is 0 Å². The molecule has 1 aromatic rings. The van der Waals surface area contributed by atoms with Gasteiger partial charge in [0, 0.05) is 17.8 Å². The van der Waals surface area contributed by atoms with E-state index >= 15 is 0 Å². The second-order valence-corrected chi connectivity index (χ2v) is 3.87. The van der Waals surface area contributed by atoms with Crippen LogP contribution < -0.4 is 10.2 Å². The fourth-order valence-corrected chi connectivity index (χ4v) is 1.80. The lowest BCUT2D eigenvalue weighted by Crippen LogP contribution is -2.28. The minimum absolute atomic E-state index is 0.138. The second kappa shape index (κ2) is 7.26. The van der Waals surface area contributed by atoms with Gasteiger partial charge in [0.2, 0.25) is 0 Å². The monoisotopic (exact) mass is 243 g/mol. The summed E-state index contributed by atoms with van der Waals surface area (Å²) in [4.78, 5) is 5.99. The maximum Gasteiger partial charge on any atom is 0.135 e. The molecular weight excluding hydrogens is 226 g/mol. The van der Waals surface area contributed by atoms with Gasteiger partial charge in [-0.3, -0.25) is 0 Å². The Kier molecular flexibility index (Phi) is 5.63. The molecule has 0 bridgehead atoms. The van der Waals surface area contributed by atoms with Crippen LogP contribution in [0.5, 0.6) is 0 Å². The number of hydrogen-bond donors (Lipinski definition) is 1. The summed E-state index contributed by atoms with van der Waals surface area (Å²) >= 11 is 0. The van der Waals surface area contributed by atoms with E-state index in [4.69, 9.17) is 10.5 Å². The molecule has 0 aliphatic heterocycles. The van der Waals surface area contributed by atoms with E-state index in [-0.39, 0.29) is 19.1 Å². The van der Waals surface area contributed by atoms with Crippen LogP contribution in [0.1, 0.15) is 25.5 Å². The number of pyridine rings is 1. The Morgan fingerprint density at radius 1 is 1.39 bits per heavy atom. The van der Waals surface area contributed by atoms with E-state index in [1.165, 1.54) is 0 Å². The van der Waals surface area contributed by atoms with E-state index in [1.807, 2.05) is 26.0 Å². The van der Waals surface area contributed by atoms with Crippen LogP contribution in [0.25, 0.3) is 0 Å². The summed E-state index contributed by atoms with van der Waals surface area (Å²) in [6, 6.07) is 8.10. The van der Waals surface area contributed by atoms with Crippen molar-refractivity contribution in [3.05, 3.63) is 23.9 Å². The van der Waals surface area contributed by atoms with E-state index in [1.54, 1.807) is 11.1 Å². The smallest absolute Gasteiger partial charge is 0.135 e. The maximum atomic E-state index is 8.81. The number of nitrogens with zero attached hydrogens (tertiary/aromatic N) is 4. The highest BCUT2D eigenvalue weighted by Gasteiger charge is 2.15. The average molecular weight is 243 g/mol. The standard InChI is InChI=1S/C13H17N5/c1-3-16-11(2)12-5-4-8-17-13(12)18(9-6-14)10-7-15/h4-5,8,11,16H,3,9-10H2,1-2H3. The molecule has 1 heterocycles. The first kappa shape index (κ1) is 14.0. The molecule has 1 unspecified atom stereocenters. The molecule has 5 nitrogen and oxygen atoms in total. The third-order valence-electron chi connectivity index (χ3n) is 2.62. The molecule has 5 heteroatoms. The number of aromatic nitrogens is 1. The van der Waals surface area contributed by atoms with Crippen LogP contribution in [0.4, 0.5) is 5.82 Å². The lowest BCUT2D eigenvalue weighted by atomic mass is 10.1. The van der Waals surface area contributed by atoms with Gasteiger partial charge in [0.25, 0.3) is 0 Å². The van der Waals surface area contributed by atoms with Crippen LogP contribution in [-0.2, 0) is 0 Å². The van der Waals surface area contributed by atoms with E-state index in [9.17, 15) is 0 Å². The summed E-state index contributed by atoms with van der Waals surface area (Å²) in [7, 11) is 0. The van der Waals surface area contributed by atoms with Gasteiger partial charge in [0.1, 0.15) is 18.9 Å². The number of rotatable bonds is 6. The predicted octanol–water partition coefficient (Wildman–Crippen LogP) is 1.61.